The SMILES string of the molecule is CC(=O)/C(C)=C/c1cc(F)ccc1Br. The van der Waals surface area contributed by atoms with Crippen LogP contribution >= 0.6 is 15.9 Å². The monoisotopic (exact) mass is 256 g/mol. The Kier molecular flexibility index (Phi) is 3.58. The molecule has 0 N–H and O–H groups in total. The first kappa shape index (κ1) is 11.1. The third-order valence-electron chi connectivity index (χ3n) is 1.89. The van der Waals surface area contributed by atoms with E-state index in [1.165, 1.54) is 19.1 Å². The van der Waals surface area contributed by atoms with Gasteiger partial charge in [-0.05, 0) is 49.3 Å². The van der Waals surface area contributed by atoms with Gasteiger partial charge in [0.2, 0.25) is 0 Å². The fourth-order valence-corrected chi connectivity index (χ4v) is 1.32. The lowest BCUT2D eigenvalue weighted by atomic mass is 10.1. The number of carbonyl (C=O) groups is 1. The molecule has 0 bridgehead atoms. The smallest absolute Gasteiger partial charge is 0.155 e. The van der Waals surface area contributed by atoms with Crippen LogP contribution in [-0.2, 0) is 4.79 Å². The first-order valence-electron chi connectivity index (χ1n) is 4.15. The van der Waals surface area contributed by atoms with Gasteiger partial charge in [-0.1, -0.05) is 15.9 Å². The van der Waals surface area contributed by atoms with E-state index >= 15 is 0 Å². The van der Waals surface area contributed by atoms with Gasteiger partial charge in [0.15, 0.2) is 5.78 Å². The lowest BCUT2D eigenvalue weighted by molar-refractivity contribution is -0.113. The topological polar surface area (TPSA) is 17.1 Å². The molecule has 0 saturated carbocycles. The van der Waals surface area contributed by atoms with E-state index in [9.17, 15) is 9.18 Å². The Morgan fingerprint density at radius 2 is 2.07 bits per heavy atom. The molecule has 0 amide bonds. The summed E-state index contributed by atoms with van der Waals surface area (Å²) in [5, 5.41) is 0. The first-order valence-corrected chi connectivity index (χ1v) is 4.94. The summed E-state index contributed by atoms with van der Waals surface area (Å²) in [7, 11) is 0. The molecule has 0 fully saturated rings. The number of rotatable bonds is 2. The maximum Gasteiger partial charge on any atom is 0.155 e. The predicted octanol–water partition coefficient (Wildman–Crippen LogP) is 3.58. The quantitative estimate of drug-likeness (QED) is 0.740. The van der Waals surface area contributed by atoms with Crippen LogP contribution in [0.2, 0.25) is 0 Å². The maximum atomic E-state index is 12.9. The van der Waals surface area contributed by atoms with Crippen LogP contribution in [0.4, 0.5) is 4.39 Å². The molecule has 0 unspecified atom stereocenters. The van der Waals surface area contributed by atoms with E-state index in [1.54, 1.807) is 19.1 Å². The minimum absolute atomic E-state index is 0.0128. The van der Waals surface area contributed by atoms with E-state index in [0.717, 1.165) is 4.47 Å². The molecular formula is C11H10BrFO. The minimum atomic E-state index is -0.309. The van der Waals surface area contributed by atoms with Crippen molar-refractivity contribution in [1.29, 1.82) is 0 Å². The second-order valence-corrected chi connectivity index (χ2v) is 3.90. The largest absolute Gasteiger partial charge is 0.295 e. The highest BCUT2D eigenvalue weighted by atomic mass is 79.9. The van der Waals surface area contributed by atoms with Crippen molar-refractivity contribution in [3.63, 3.8) is 0 Å². The normalized spacial score (nSPS) is 11.6. The van der Waals surface area contributed by atoms with Crippen molar-refractivity contribution in [2.75, 3.05) is 0 Å². The first-order chi connectivity index (χ1) is 6.50. The van der Waals surface area contributed by atoms with Crippen LogP contribution in [0.5, 0.6) is 0 Å². The molecule has 0 heterocycles. The van der Waals surface area contributed by atoms with Crippen LogP contribution in [0.1, 0.15) is 19.4 Å². The minimum Gasteiger partial charge on any atom is -0.295 e. The summed E-state index contributed by atoms with van der Waals surface area (Å²) < 4.78 is 13.6. The third kappa shape index (κ3) is 2.77. The van der Waals surface area contributed by atoms with E-state index in [1.807, 2.05) is 0 Å². The fourth-order valence-electron chi connectivity index (χ4n) is 0.960. The molecule has 1 aromatic rings. The molecule has 0 aliphatic rings. The van der Waals surface area contributed by atoms with Crippen molar-refractivity contribution in [1.82, 2.24) is 0 Å². The third-order valence-corrected chi connectivity index (χ3v) is 2.61. The molecule has 0 radical (unpaired) electrons. The summed E-state index contributed by atoms with van der Waals surface area (Å²) in [4.78, 5) is 11.0. The average Bonchev–Trinajstić information content (AvgIpc) is 2.11. The zero-order valence-electron chi connectivity index (χ0n) is 7.97. The standard InChI is InChI=1S/C11H10BrFO/c1-7(8(2)14)5-9-6-10(13)3-4-11(9)12/h3-6H,1-2H3/b7-5+. The lowest BCUT2D eigenvalue weighted by Crippen LogP contribution is -1.91. The van der Waals surface area contributed by atoms with E-state index in [4.69, 9.17) is 0 Å². The number of hydrogen-bond donors (Lipinski definition) is 0. The Hall–Kier alpha value is -0.960. The van der Waals surface area contributed by atoms with Gasteiger partial charge in [-0.15, -0.1) is 0 Å². The molecule has 1 aromatic carbocycles. The summed E-state index contributed by atoms with van der Waals surface area (Å²) in [6, 6.07) is 4.37. The van der Waals surface area contributed by atoms with Crippen molar-refractivity contribution in [3.05, 3.63) is 39.6 Å². The van der Waals surface area contributed by atoms with Crippen molar-refractivity contribution >= 4 is 27.8 Å². The van der Waals surface area contributed by atoms with Crippen LogP contribution in [0.25, 0.3) is 6.08 Å². The molecule has 0 aliphatic carbocycles. The second kappa shape index (κ2) is 4.51. The van der Waals surface area contributed by atoms with Gasteiger partial charge in [0.25, 0.3) is 0 Å². The molecule has 14 heavy (non-hydrogen) atoms. The van der Waals surface area contributed by atoms with Crippen molar-refractivity contribution in [3.8, 4) is 0 Å². The van der Waals surface area contributed by atoms with Gasteiger partial charge < -0.3 is 0 Å². The van der Waals surface area contributed by atoms with Crippen LogP contribution in [0.15, 0.2) is 28.2 Å². The van der Waals surface area contributed by atoms with Crippen molar-refractivity contribution < 1.29 is 9.18 Å². The molecule has 3 heteroatoms. The van der Waals surface area contributed by atoms with Gasteiger partial charge in [-0.3, -0.25) is 4.79 Å². The van der Waals surface area contributed by atoms with Gasteiger partial charge in [-0.25, -0.2) is 4.39 Å². The van der Waals surface area contributed by atoms with Gasteiger partial charge >= 0.3 is 0 Å². The summed E-state index contributed by atoms with van der Waals surface area (Å²) >= 11 is 3.29. The van der Waals surface area contributed by atoms with E-state index < -0.39 is 0 Å². The van der Waals surface area contributed by atoms with Crippen LogP contribution in [0, 0.1) is 5.82 Å². The molecule has 0 aromatic heterocycles. The van der Waals surface area contributed by atoms with Gasteiger partial charge in [0, 0.05) is 4.47 Å². The molecule has 1 rings (SSSR count). The Labute approximate surface area is 90.8 Å². The number of allylic oxidation sites excluding steroid dienone is 1. The summed E-state index contributed by atoms with van der Waals surface area (Å²) in [6.07, 6.45) is 1.66. The van der Waals surface area contributed by atoms with Crippen molar-refractivity contribution in [2.45, 2.75) is 13.8 Å². The summed E-state index contributed by atoms with van der Waals surface area (Å²) in [6.45, 7) is 3.19. The lowest BCUT2D eigenvalue weighted by Gasteiger charge is -2.00. The van der Waals surface area contributed by atoms with Gasteiger partial charge in [-0.2, -0.15) is 0 Å². The summed E-state index contributed by atoms with van der Waals surface area (Å²) in [5.41, 5.74) is 1.29. The number of ketones is 1. The van der Waals surface area contributed by atoms with Gasteiger partial charge in [0.1, 0.15) is 5.82 Å². The second-order valence-electron chi connectivity index (χ2n) is 3.05. The van der Waals surface area contributed by atoms with Gasteiger partial charge in [0.05, 0.1) is 0 Å². The van der Waals surface area contributed by atoms with Crippen LogP contribution in [0.3, 0.4) is 0 Å². The molecule has 74 valence electrons. The Morgan fingerprint density at radius 3 is 2.64 bits per heavy atom. The number of hydrogen-bond acceptors (Lipinski definition) is 1. The molecule has 0 spiro atoms. The molecule has 1 nitrogen and oxygen atoms in total. The van der Waals surface area contributed by atoms with E-state index in [2.05, 4.69) is 15.9 Å². The van der Waals surface area contributed by atoms with Crippen molar-refractivity contribution in [2.24, 2.45) is 0 Å². The highest BCUT2D eigenvalue weighted by Crippen LogP contribution is 2.20. The maximum absolute atomic E-state index is 12.9. The Bertz CT molecular complexity index is 396. The van der Waals surface area contributed by atoms with E-state index in [0.29, 0.717) is 11.1 Å². The van der Waals surface area contributed by atoms with Crippen LogP contribution < -0.4 is 0 Å². The average molecular weight is 257 g/mol. The zero-order chi connectivity index (χ0) is 10.7. The number of halogens is 2. The highest BCUT2D eigenvalue weighted by molar-refractivity contribution is 9.10. The highest BCUT2D eigenvalue weighted by Gasteiger charge is 2.01. The molecular weight excluding hydrogens is 247 g/mol. The number of carbonyl (C=O) groups excluding carboxylic acids is 1. The zero-order valence-corrected chi connectivity index (χ0v) is 9.56. The molecule has 0 atom stereocenters. The Morgan fingerprint density at radius 1 is 1.43 bits per heavy atom. The molecule has 0 saturated heterocycles. The fraction of sp³-hybridized carbons (Fsp3) is 0.182. The molecule has 0 aliphatic heterocycles. The van der Waals surface area contributed by atoms with E-state index in [-0.39, 0.29) is 11.6 Å². The number of benzene rings is 1. The number of Topliss-reactive ketones (excluding diaryl/α,β-unsaturated/α-hetero) is 1. The predicted molar refractivity (Wildman–Crippen MR) is 58.4 cm³/mol. The Balaban J connectivity index is 3.13. The van der Waals surface area contributed by atoms with Crippen LogP contribution in [-0.4, -0.2) is 5.78 Å². The summed E-state index contributed by atoms with van der Waals surface area (Å²) in [5.74, 6) is -0.322.